The fraction of sp³-hybridized carbons (Fsp3) is 0.100. The van der Waals surface area contributed by atoms with Gasteiger partial charge in [-0.1, -0.05) is 19.2 Å². The second kappa shape index (κ2) is 6.91. The van der Waals surface area contributed by atoms with E-state index in [1.165, 1.54) is 24.4 Å². The molecule has 0 spiro atoms. The van der Waals surface area contributed by atoms with Gasteiger partial charge in [0.15, 0.2) is 0 Å². The fourth-order valence-electron chi connectivity index (χ4n) is 3.01. The quantitative estimate of drug-likeness (QED) is 0.413. The first-order valence-corrected chi connectivity index (χ1v) is 8.19. The van der Waals surface area contributed by atoms with Gasteiger partial charge in [0.05, 0.1) is 16.8 Å². The molecule has 0 saturated carbocycles. The van der Waals surface area contributed by atoms with Gasteiger partial charge in [0, 0.05) is 34.4 Å². The normalized spacial score (nSPS) is 14.0. The molecule has 2 aromatic rings. The Bertz CT molecular complexity index is 1030. The number of rotatable bonds is 3. The van der Waals surface area contributed by atoms with Crippen LogP contribution in [0.1, 0.15) is 16.7 Å². The lowest BCUT2D eigenvalue weighted by Crippen LogP contribution is -2.17. The number of nitrogens with two attached hydrogens (primary N) is 1. The zero-order valence-corrected chi connectivity index (χ0v) is 14.8. The van der Waals surface area contributed by atoms with E-state index in [0.29, 0.717) is 0 Å². The lowest BCUT2D eigenvalue weighted by atomic mass is 9.90. The van der Waals surface area contributed by atoms with Gasteiger partial charge in [-0.3, -0.25) is 0 Å². The molecule has 1 aliphatic rings. The van der Waals surface area contributed by atoms with E-state index >= 15 is 0 Å². The number of allylic oxidation sites excluding steroid dienone is 1. The molecule has 0 aliphatic carbocycles. The third-order valence-electron chi connectivity index (χ3n) is 4.33. The van der Waals surface area contributed by atoms with Crippen LogP contribution in [0.5, 0.6) is 0 Å². The maximum absolute atomic E-state index is 13.4. The van der Waals surface area contributed by atoms with Crippen molar-refractivity contribution >= 4 is 22.6 Å². The number of nitrogens with one attached hydrogen (secondary N) is 2. The standard InChI is InChI=1S/C20H15F6N3/c1-10-13(9-28-17-5-3-4-14(18(10)17)19(21,22)23)11(2)29-16-7-6-12(27)8-15(16)20(24,25)26/h3-9,28-29H,1-2,27H2. The Hall–Kier alpha value is -3.36. The van der Waals surface area contributed by atoms with Crippen LogP contribution in [0.15, 0.2) is 67.0 Å². The molecule has 0 aromatic heterocycles. The highest BCUT2D eigenvalue weighted by molar-refractivity contribution is 5.93. The van der Waals surface area contributed by atoms with Crippen LogP contribution in [-0.2, 0) is 12.4 Å². The van der Waals surface area contributed by atoms with E-state index in [0.717, 1.165) is 18.2 Å². The third-order valence-corrected chi connectivity index (χ3v) is 4.33. The Kier molecular flexibility index (Phi) is 4.86. The molecule has 9 heteroatoms. The number of fused-ring (bicyclic) bond motifs is 1. The molecular weight excluding hydrogens is 396 g/mol. The molecule has 0 amide bonds. The number of alkyl halides is 6. The minimum absolute atomic E-state index is 0.0202. The number of anilines is 3. The highest BCUT2D eigenvalue weighted by Gasteiger charge is 2.37. The first kappa shape index (κ1) is 20.4. The van der Waals surface area contributed by atoms with E-state index in [-0.39, 0.29) is 39.5 Å². The maximum atomic E-state index is 13.4. The first-order chi connectivity index (χ1) is 13.4. The highest BCUT2D eigenvalue weighted by Crippen LogP contribution is 2.44. The van der Waals surface area contributed by atoms with Gasteiger partial charge in [0.25, 0.3) is 0 Å². The van der Waals surface area contributed by atoms with Crippen molar-refractivity contribution < 1.29 is 26.3 Å². The summed E-state index contributed by atoms with van der Waals surface area (Å²) in [5.41, 5.74) is 3.12. The zero-order valence-electron chi connectivity index (χ0n) is 14.8. The molecule has 4 N–H and O–H groups in total. The molecule has 3 nitrogen and oxygen atoms in total. The smallest absolute Gasteiger partial charge is 0.399 e. The first-order valence-electron chi connectivity index (χ1n) is 8.19. The molecule has 3 rings (SSSR count). The van der Waals surface area contributed by atoms with Crippen LogP contribution >= 0.6 is 0 Å². The summed E-state index contributed by atoms with van der Waals surface area (Å²) in [6.45, 7) is 7.38. The molecule has 0 saturated heterocycles. The van der Waals surface area contributed by atoms with Gasteiger partial charge >= 0.3 is 12.4 Å². The number of halogens is 6. The predicted octanol–water partition coefficient (Wildman–Crippen LogP) is 6.25. The number of hydrogen-bond donors (Lipinski definition) is 3. The van der Waals surface area contributed by atoms with Gasteiger partial charge in [-0.05, 0) is 35.9 Å². The van der Waals surface area contributed by atoms with Crippen molar-refractivity contribution in [2.45, 2.75) is 12.4 Å². The summed E-state index contributed by atoms with van der Waals surface area (Å²) in [4.78, 5) is 0. The van der Waals surface area contributed by atoms with Gasteiger partial charge in [-0.15, -0.1) is 0 Å². The molecule has 0 atom stereocenters. The monoisotopic (exact) mass is 411 g/mol. The zero-order chi connectivity index (χ0) is 21.6. The Morgan fingerprint density at radius 1 is 0.966 bits per heavy atom. The largest absolute Gasteiger partial charge is 0.418 e. The number of nitrogen functional groups attached to an aromatic ring is 1. The van der Waals surface area contributed by atoms with Crippen LogP contribution in [0.3, 0.4) is 0 Å². The van der Waals surface area contributed by atoms with Crippen LogP contribution in [0.25, 0.3) is 5.57 Å². The molecule has 0 unspecified atom stereocenters. The molecule has 152 valence electrons. The van der Waals surface area contributed by atoms with Crippen LogP contribution in [-0.4, -0.2) is 0 Å². The maximum Gasteiger partial charge on any atom is 0.418 e. The van der Waals surface area contributed by atoms with Crippen molar-refractivity contribution in [1.82, 2.24) is 0 Å². The van der Waals surface area contributed by atoms with Crippen LogP contribution < -0.4 is 16.4 Å². The highest BCUT2D eigenvalue weighted by atomic mass is 19.4. The van der Waals surface area contributed by atoms with E-state index in [1.807, 2.05) is 0 Å². The van der Waals surface area contributed by atoms with Crippen molar-refractivity contribution in [3.63, 3.8) is 0 Å². The van der Waals surface area contributed by atoms with Gasteiger partial charge in [0.1, 0.15) is 0 Å². The fourth-order valence-corrected chi connectivity index (χ4v) is 3.01. The Morgan fingerprint density at radius 2 is 1.62 bits per heavy atom. The van der Waals surface area contributed by atoms with Crippen molar-refractivity contribution in [2.75, 3.05) is 16.4 Å². The topological polar surface area (TPSA) is 50.1 Å². The molecule has 0 bridgehead atoms. The van der Waals surface area contributed by atoms with E-state index in [4.69, 9.17) is 5.73 Å². The summed E-state index contributed by atoms with van der Waals surface area (Å²) < 4.78 is 80.0. The molecular formula is C20H15F6N3. The molecule has 1 heterocycles. The molecule has 0 fully saturated rings. The summed E-state index contributed by atoms with van der Waals surface area (Å²) in [6.07, 6.45) is -7.98. The number of benzene rings is 2. The molecule has 1 aliphatic heterocycles. The van der Waals surface area contributed by atoms with Gasteiger partial charge < -0.3 is 16.4 Å². The minimum Gasteiger partial charge on any atom is -0.399 e. The van der Waals surface area contributed by atoms with Crippen molar-refractivity contribution in [3.05, 3.63) is 83.7 Å². The summed E-state index contributed by atoms with van der Waals surface area (Å²) in [7, 11) is 0. The van der Waals surface area contributed by atoms with Gasteiger partial charge in [0.2, 0.25) is 0 Å². The van der Waals surface area contributed by atoms with Crippen molar-refractivity contribution in [2.24, 2.45) is 0 Å². The van der Waals surface area contributed by atoms with Crippen molar-refractivity contribution in [3.8, 4) is 0 Å². The lowest BCUT2D eigenvalue weighted by Gasteiger charge is -2.26. The van der Waals surface area contributed by atoms with E-state index < -0.39 is 23.5 Å². The van der Waals surface area contributed by atoms with Crippen molar-refractivity contribution in [1.29, 1.82) is 0 Å². The predicted molar refractivity (Wildman–Crippen MR) is 101 cm³/mol. The minimum atomic E-state index is -4.69. The van der Waals surface area contributed by atoms with E-state index in [9.17, 15) is 26.3 Å². The SMILES string of the molecule is C=C(Nc1ccc(N)cc1C(F)(F)F)C1=CNc2cccc(C(F)(F)F)c2C1=C. The lowest BCUT2D eigenvalue weighted by molar-refractivity contribution is -0.138. The van der Waals surface area contributed by atoms with E-state index in [1.54, 1.807) is 0 Å². The average Bonchev–Trinajstić information content (AvgIpc) is 2.61. The molecule has 2 aromatic carbocycles. The summed E-state index contributed by atoms with van der Waals surface area (Å²) in [6, 6.07) is 6.75. The summed E-state index contributed by atoms with van der Waals surface area (Å²) in [5, 5.41) is 5.22. The van der Waals surface area contributed by atoms with Gasteiger partial charge in [-0.2, -0.15) is 26.3 Å². The Balaban J connectivity index is 1.96. The van der Waals surface area contributed by atoms with Crippen LogP contribution in [0.4, 0.5) is 43.4 Å². The van der Waals surface area contributed by atoms with Crippen LogP contribution in [0, 0.1) is 0 Å². The summed E-state index contributed by atoms with van der Waals surface area (Å²) >= 11 is 0. The average molecular weight is 411 g/mol. The second-order valence-electron chi connectivity index (χ2n) is 6.31. The van der Waals surface area contributed by atoms with Gasteiger partial charge in [-0.25, -0.2) is 0 Å². The number of hydrogen-bond acceptors (Lipinski definition) is 3. The Morgan fingerprint density at radius 3 is 2.24 bits per heavy atom. The second-order valence-corrected chi connectivity index (χ2v) is 6.31. The van der Waals surface area contributed by atoms with E-state index in [2.05, 4.69) is 23.8 Å². The van der Waals surface area contributed by atoms with Crippen LogP contribution in [0.2, 0.25) is 0 Å². The third kappa shape index (κ3) is 3.94. The Labute approximate surface area is 162 Å². The summed E-state index contributed by atoms with van der Waals surface area (Å²) in [5.74, 6) is 0. The molecule has 29 heavy (non-hydrogen) atoms. The molecule has 0 radical (unpaired) electrons.